The van der Waals surface area contributed by atoms with Gasteiger partial charge in [-0.25, -0.2) is 0 Å². The van der Waals surface area contributed by atoms with Gasteiger partial charge < -0.3 is 30.6 Å². The zero-order valence-corrected chi connectivity index (χ0v) is 7.56. The maximum Gasteiger partial charge on any atom is 0.111 e. The van der Waals surface area contributed by atoms with Crippen molar-refractivity contribution in [3.63, 3.8) is 0 Å². The predicted octanol–water partition coefficient (Wildman–Crippen LogP) is -3.20. The van der Waals surface area contributed by atoms with Crippen LogP contribution in [-0.4, -0.2) is 67.8 Å². The standard InChI is InChI=1S/C8H16O6/c9-2-3-1-4(10)6(12)8(14)7(13)5(3)11/h3-14H,1-2H2/t3-,4+,5+,6+,7-,8-/m0/s1. The van der Waals surface area contributed by atoms with Gasteiger partial charge in [-0.1, -0.05) is 0 Å². The van der Waals surface area contributed by atoms with E-state index in [0.717, 1.165) is 0 Å². The number of hydrogen-bond donors (Lipinski definition) is 6. The van der Waals surface area contributed by atoms with Gasteiger partial charge in [-0.05, 0) is 6.42 Å². The minimum absolute atomic E-state index is 0.0625. The Morgan fingerprint density at radius 1 is 0.786 bits per heavy atom. The molecule has 84 valence electrons. The third-order valence-electron chi connectivity index (χ3n) is 2.71. The van der Waals surface area contributed by atoms with Gasteiger partial charge >= 0.3 is 0 Å². The van der Waals surface area contributed by atoms with E-state index in [1.807, 2.05) is 0 Å². The highest BCUT2D eigenvalue weighted by atomic mass is 16.4. The lowest BCUT2D eigenvalue weighted by Gasteiger charge is -2.25. The molecule has 6 nitrogen and oxygen atoms in total. The van der Waals surface area contributed by atoms with E-state index in [9.17, 15) is 25.5 Å². The van der Waals surface area contributed by atoms with Gasteiger partial charge in [0.15, 0.2) is 0 Å². The monoisotopic (exact) mass is 208 g/mol. The molecule has 0 heterocycles. The molecule has 0 radical (unpaired) electrons. The average molecular weight is 208 g/mol. The lowest BCUT2D eigenvalue weighted by Crippen LogP contribution is -2.46. The molecule has 0 amide bonds. The molecule has 0 aromatic heterocycles. The highest BCUT2D eigenvalue weighted by Crippen LogP contribution is 2.24. The Morgan fingerprint density at radius 3 is 1.79 bits per heavy atom. The van der Waals surface area contributed by atoms with E-state index >= 15 is 0 Å². The highest BCUT2D eigenvalue weighted by molar-refractivity contribution is 4.93. The lowest BCUT2D eigenvalue weighted by molar-refractivity contribution is -0.120. The Labute approximate surface area is 81.1 Å². The SMILES string of the molecule is OC[C@@H]1C[C@@H](O)[C@@H](O)[C@H](O)[C@@H](O)[C@@H]1O. The maximum absolute atomic E-state index is 9.43. The molecule has 1 fully saturated rings. The van der Waals surface area contributed by atoms with Crippen molar-refractivity contribution < 1.29 is 30.6 Å². The summed E-state index contributed by atoms with van der Waals surface area (Å²) in [6, 6.07) is 0. The summed E-state index contributed by atoms with van der Waals surface area (Å²) in [4.78, 5) is 0. The van der Waals surface area contributed by atoms with Gasteiger partial charge in [-0.15, -0.1) is 0 Å². The quantitative estimate of drug-likeness (QED) is 0.252. The molecule has 1 rings (SSSR count). The second-order valence-corrected chi connectivity index (χ2v) is 3.71. The summed E-state index contributed by atoms with van der Waals surface area (Å²) in [5.41, 5.74) is 0. The normalized spacial score (nSPS) is 50.1. The van der Waals surface area contributed by atoms with Gasteiger partial charge in [0.05, 0.1) is 12.2 Å². The van der Waals surface area contributed by atoms with E-state index in [1.54, 1.807) is 0 Å². The van der Waals surface area contributed by atoms with E-state index in [0.29, 0.717) is 0 Å². The smallest absolute Gasteiger partial charge is 0.111 e. The summed E-state index contributed by atoms with van der Waals surface area (Å²) >= 11 is 0. The van der Waals surface area contributed by atoms with Crippen molar-refractivity contribution in [2.75, 3.05) is 6.61 Å². The van der Waals surface area contributed by atoms with Crippen LogP contribution in [0, 0.1) is 5.92 Å². The van der Waals surface area contributed by atoms with Gasteiger partial charge in [0, 0.05) is 12.5 Å². The minimum Gasteiger partial charge on any atom is -0.396 e. The summed E-state index contributed by atoms with van der Waals surface area (Å²) in [6.45, 7) is -0.422. The summed E-state index contributed by atoms with van der Waals surface area (Å²) in [5, 5.41) is 55.5. The van der Waals surface area contributed by atoms with Crippen molar-refractivity contribution in [1.82, 2.24) is 0 Å². The predicted molar refractivity (Wildman–Crippen MR) is 45.2 cm³/mol. The summed E-state index contributed by atoms with van der Waals surface area (Å²) in [6.07, 6.45) is -7.32. The Kier molecular flexibility index (Phi) is 3.82. The molecular formula is C8H16O6. The third-order valence-corrected chi connectivity index (χ3v) is 2.71. The number of aliphatic hydroxyl groups excluding tert-OH is 6. The van der Waals surface area contributed by atoms with Crippen molar-refractivity contribution in [3.05, 3.63) is 0 Å². The molecule has 1 aliphatic rings. The molecule has 0 aromatic rings. The van der Waals surface area contributed by atoms with Crippen molar-refractivity contribution >= 4 is 0 Å². The maximum atomic E-state index is 9.43. The largest absolute Gasteiger partial charge is 0.396 e. The Hall–Kier alpha value is -0.240. The van der Waals surface area contributed by atoms with Crippen molar-refractivity contribution in [1.29, 1.82) is 0 Å². The molecule has 6 N–H and O–H groups in total. The first-order valence-corrected chi connectivity index (χ1v) is 4.50. The second-order valence-electron chi connectivity index (χ2n) is 3.71. The van der Waals surface area contributed by atoms with Gasteiger partial charge in [0.25, 0.3) is 0 Å². The number of aliphatic hydroxyl groups is 6. The molecular weight excluding hydrogens is 192 g/mol. The molecule has 1 aliphatic carbocycles. The average Bonchev–Trinajstić information content (AvgIpc) is 2.25. The first kappa shape index (κ1) is 11.8. The summed E-state index contributed by atoms with van der Waals surface area (Å²) in [5.74, 6) is -0.744. The molecule has 6 heteroatoms. The van der Waals surface area contributed by atoms with Crippen molar-refractivity contribution in [3.8, 4) is 0 Å². The highest BCUT2D eigenvalue weighted by Gasteiger charge is 2.42. The van der Waals surface area contributed by atoms with Crippen LogP contribution in [0.4, 0.5) is 0 Å². The summed E-state index contributed by atoms with van der Waals surface area (Å²) in [7, 11) is 0. The van der Waals surface area contributed by atoms with Crippen LogP contribution in [0.15, 0.2) is 0 Å². The molecule has 14 heavy (non-hydrogen) atoms. The molecule has 0 aromatic carbocycles. The van der Waals surface area contributed by atoms with Crippen LogP contribution in [0.3, 0.4) is 0 Å². The zero-order valence-electron chi connectivity index (χ0n) is 7.56. The Bertz CT molecular complexity index is 182. The van der Waals surface area contributed by atoms with Crippen LogP contribution >= 0.6 is 0 Å². The first-order chi connectivity index (χ1) is 6.49. The zero-order chi connectivity index (χ0) is 10.9. The van der Waals surface area contributed by atoms with Crippen molar-refractivity contribution in [2.45, 2.75) is 36.9 Å². The van der Waals surface area contributed by atoms with E-state index in [2.05, 4.69) is 0 Å². The fourth-order valence-electron chi connectivity index (χ4n) is 1.68. The van der Waals surface area contributed by atoms with E-state index in [-0.39, 0.29) is 6.42 Å². The number of hydrogen-bond acceptors (Lipinski definition) is 6. The third kappa shape index (κ3) is 2.05. The second kappa shape index (κ2) is 4.52. The van der Waals surface area contributed by atoms with Crippen LogP contribution in [0.2, 0.25) is 0 Å². The molecule has 0 aliphatic heterocycles. The fourth-order valence-corrected chi connectivity index (χ4v) is 1.68. The summed E-state index contributed by atoms with van der Waals surface area (Å²) < 4.78 is 0. The molecule has 0 saturated heterocycles. The Balaban J connectivity index is 2.81. The van der Waals surface area contributed by atoms with Crippen molar-refractivity contribution in [2.24, 2.45) is 5.92 Å². The number of rotatable bonds is 1. The lowest BCUT2D eigenvalue weighted by atomic mass is 9.96. The molecule has 1 saturated carbocycles. The topological polar surface area (TPSA) is 121 Å². The molecule has 0 unspecified atom stereocenters. The van der Waals surface area contributed by atoms with Crippen LogP contribution in [0.1, 0.15) is 6.42 Å². The van der Waals surface area contributed by atoms with E-state index < -0.39 is 43.0 Å². The van der Waals surface area contributed by atoms with Gasteiger partial charge in [0.1, 0.15) is 18.3 Å². The molecule has 0 bridgehead atoms. The van der Waals surface area contributed by atoms with E-state index in [4.69, 9.17) is 5.11 Å². The van der Waals surface area contributed by atoms with Crippen LogP contribution in [0.5, 0.6) is 0 Å². The first-order valence-electron chi connectivity index (χ1n) is 4.50. The van der Waals surface area contributed by atoms with Crippen LogP contribution in [0.25, 0.3) is 0 Å². The fraction of sp³-hybridized carbons (Fsp3) is 1.00. The van der Waals surface area contributed by atoms with Crippen LogP contribution in [-0.2, 0) is 0 Å². The molecule has 6 atom stereocenters. The Morgan fingerprint density at radius 2 is 1.29 bits per heavy atom. The van der Waals surface area contributed by atoms with Gasteiger partial charge in [-0.2, -0.15) is 0 Å². The molecule has 0 spiro atoms. The van der Waals surface area contributed by atoms with E-state index in [1.165, 1.54) is 0 Å². The van der Waals surface area contributed by atoms with Crippen LogP contribution < -0.4 is 0 Å². The van der Waals surface area contributed by atoms with Gasteiger partial charge in [0.2, 0.25) is 0 Å². The van der Waals surface area contributed by atoms with Gasteiger partial charge in [-0.3, -0.25) is 0 Å². The minimum atomic E-state index is -1.60.